The molecule has 1 saturated carbocycles. The van der Waals surface area contributed by atoms with Gasteiger partial charge in [-0.25, -0.2) is 13.1 Å². The second-order valence-electron chi connectivity index (χ2n) is 4.93. The van der Waals surface area contributed by atoms with Gasteiger partial charge < -0.3 is 5.73 Å². The molecule has 0 amide bonds. The maximum absolute atomic E-state index is 11.8. The molecule has 0 aromatic heterocycles. The van der Waals surface area contributed by atoms with Gasteiger partial charge in [0.15, 0.2) is 0 Å². The van der Waals surface area contributed by atoms with Crippen LogP contribution in [-0.2, 0) is 10.0 Å². The SMILES string of the molecule is CC(C)C1(CNS(=O)(=O)C(C)C(N)=S)CC1. The normalized spacial score (nSPS) is 20.8. The highest BCUT2D eigenvalue weighted by Gasteiger charge is 2.46. The Morgan fingerprint density at radius 1 is 1.44 bits per heavy atom. The standard InChI is InChI=1S/C10H20N2O2S2/c1-7(2)10(4-5-10)6-12-16(13,14)8(3)9(11)15/h7-8,12H,4-6H2,1-3H3,(H2,11,15). The van der Waals surface area contributed by atoms with E-state index in [1.807, 2.05) is 0 Å². The van der Waals surface area contributed by atoms with Crippen molar-refractivity contribution in [2.75, 3.05) is 6.54 Å². The van der Waals surface area contributed by atoms with Crippen LogP contribution in [0.25, 0.3) is 0 Å². The van der Waals surface area contributed by atoms with Crippen molar-refractivity contribution in [1.82, 2.24) is 4.72 Å². The number of nitrogens with two attached hydrogens (primary N) is 1. The van der Waals surface area contributed by atoms with Crippen molar-refractivity contribution in [3.05, 3.63) is 0 Å². The summed E-state index contributed by atoms with van der Waals surface area (Å²) >= 11 is 4.70. The average molecular weight is 264 g/mol. The van der Waals surface area contributed by atoms with E-state index in [-0.39, 0.29) is 10.4 Å². The van der Waals surface area contributed by atoms with Gasteiger partial charge in [0.2, 0.25) is 10.0 Å². The van der Waals surface area contributed by atoms with Crippen molar-refractivity contribution in [3.63, 3.8) is 0 Å². The molecule has 4 nitrogen and oxygen atoms in total. The number of sulfonamides is 1. The predicted molar refractivity (Wildman–Crippen MR) is 69.7 cm³/mol. The van der Waals surface area contributed by atoms with Crippen molar-refractivity contribution in [1.29, 1.82) is 0 Å². The number of hydrogen-bond donors (Lipinski definition) is 2. The summed E-state index contributed by atoms with van der Waals surface area (Å²) in [5, 5.41) is -0.800. The molecular weight excluding hydrogens is 244 g/mol. The Morgan fingerprint density at radius 2 is 1.94 bits per heavy atom. The van der Waals surface area contributed by atoms with Gasteiger partial charge >= 0.3 is 0 Å². The Hall–Kier alpha value is -0.200. The van der Waals surface area contributed by atoms with Gasteiger partial charge in [-0.15, -0.1) is 0 Å². The number of nitrogens with one attached hydrogen (secondary N) is 1. The van der Waals surface area contributed by atoms with Crippen LogP contribution >= 0.6 is 12.2 Å². The van der Waals surface area contributed by atoms with Crippen LogP contribution in [0.3, 0.4) is 0 Å². The molecule has 0 saturated heterocycles. The van der Waals surface area contributed by atoms with Gasteiger partial charge in [0, 0.05) is 6.54 Å². The molecule has 0 radical (unpaired) electrons. The first-order chi connectivity index (χ1) is 7.21. The molecule has 3 N–H and O–H groups in total. The van der Waals surface area contributed by atoms with E-state index in [1.54, 1.807) is 0 Å². The fraction of sp³-hybridized carbons (Fsp3) is 0.900. The Bertz CT molecular complexity index is 372. The Kier molecular flexibility index (Phi) is 3.97. The quantitative estimate of drug-likeness (QED) is 0.703. The largest absolute Gasteiger partial charge is 0.392 e. The number of thiocarbonyl (C=S) groups is 1. The summed E-state index contributed by atoms with van der Waals surface area (Å²) in [6.07, 6.45) is 2.18. The van der Waals surface area contributed by atoms with Crippen LogP contribution in [0.4, 0.5) is 0 Å². The van der Waals surface area contributed by atoms with Gasteiger partial charge in [-0.2, -0.15) is 0 Å². The van der Waals surface area contributed by atoms with E-state index in [9.17, 15) is 8.42 Å². The van der Waals surface area contributed by atoms with E-state index in [0.717, 1.165) is 12.8 Å². The maximum atomic E-state index is 11.8. The minimum atomic E-state index is -3.40. The molecule has 1 atom stereocenters. The molecule has 0 aromatic carbocycles. The zero-order chi connectivity index (χ0) is 12.6. The van der Waals surface area contributed by atoms with Crippen molar-refractivity contribution in [2.45, 2.75) is 38.9 Å². The highest BCUT2D eigenvalue weighted by molar-refractivity contribution is 7.93. The fourth-order valence-electron chi connectivity index (χ4n) is 1.64. The fourth-order valence-corrected chi connectivity index (χ4v) is 3.07. The third-order valence-electron chi connectivity index (χ3n) is 3.61. The molecule has 0 aromatic rings. The van der Waals surface area contributed by atoms with Crippen LogP contribution in [0.2, 0.25) is 0 Å². The highest BCUT2D eigenvalue weighted by atomic mass is 32.2. The van der Waals surface area contributed by atoms with Crippen molar-refractivity contribution in [2.24, 2.45) is 17.1 Å². The Labute approximate surface area is 103 Å². The van der Waals surface area contributed by atoms with Crippen LogP contribution < -0.4 is 10.5 Å². The Balaban J connectivity index is 2.59. The molecule has 1 unspecified atom stereocenters. The lowest BCUT2D eigenvalue weighted by Gasteiger charge is -2.21. The summed E-state index contributed by atoms with van der Waals surface area (Å²) in [7, 11) is -3.40. The molecule has 1 aliphatic carbocycles. The molecule has 0 heterocycles. The summed E-state index contributed by atoms with van der Waals surface area (Å²) in [4.78, 5) is 0.0156. The van der Waals surface area contributed by atoms with E-state index in [2.05, 4.69) is 18.6 Å². The van der Waals surface area contributed by atoms with Crippen LogP contribution in [0.5, 0.6) is 0 Å². The molecule has 0 bridgehead atoms. The monoisotopic (exact) mass is 264 g/mol. The van der Waals surface area contributed by atoms with Gasteiger partial charge in [0.1, 0.15) is 5.25 Å². The van der Waals surface area contributed by atoms with E-state index < -0.39 is 15.3 Å². The lowest BCUT2D eigenvalue weighted by molar-refractivity contribution is 0.357. The molecule has 1 fully saturated rings. The topological polar surface area (TPSA) is 72.2 Å². The van der Waals surface area contributed by atoms with Gasteiger partial charge in [-0.05, 0) is 31.1 Å². The summed E-state index contributed by atoms with van der Waals surface area (Å²) < 4.78 is 26.2. The van der Waals surface area contributed by atoms with Crippen LogP contribution in [0.1, 0.15) is 33.6 Å². The van der Waals surface area contributed by atoms with E-state index in [0.29, 0.717) is 12.5 Å². The average Bonchev–Trinajstić information content (AvgIpc) is 2.94. The van der Waals surface area contributed by atoms with Crippen molar-refractivity contribution in [3.8, 4) is 0 Å². The van der Waals surface area contributed by atoms with E-state index >= 15 is 0 Å². The summed E-state index contributed by atoms with van der Waals surface area (Å²) in [5.41, 5.74) is 5.50. The lowest BCUT2D eigenvalue weighted by Crippen LogP contribution is -2.42. The minimum absolute atomic E-state index is 0.0156. The van der Waals surface area contributed by atoms with Crippen LogP contribution in [0.15, 0.2) is 0 Å². The summed E-state index contributed by atoms with van der Waals surface area (Å²) in [6, 6.07) is 0. The van der Waals surface area contributed by atoms with Crippen molar-refractivity contribution < 1.29 is 8.42 Å². The smallest absolute Gasteiger partial charge is 0.220 e. The summed E-state index contributed by atoms with van der Waals surface area (Å²) in [6.45, 7) is 6.26. The lowest BCUT2D eigenvalue weighted by atomic mass is 9.93. The third kappa shape index (κ3) is 2.93. The molecule has 94 valence electrons. The molecule has 6 heteroatoms. The molecule has 1 rings (SSSR count). The first kappa shape index (κ1) is 13.9. The van der Waals surface area contributed by atoms with Gasteiger partial charge in [0.25, 0.3) is 0 Å². The molecule has 0 aliphatic heterocycles. The molecular formula is C10H20N2O2S2. The molecule has 1 aliphatic rings. The second-order valence-corrected chi connectivity index (χ2v) is 7.48. The van der Waals surface area contributed by atoms with E-state index in [4.69, 9.17) is 18.0 Å². The summed E-state index contributed by atoms with van der Waals surface area (Å²) in [5.74, 6) is 0.496. The zero-order valence-electron chi connectivity index (χ0n) is 9.99. The van der Waals surface area contributed by atoms with Crippen molar-refractivity contribution >= 4 is 27.2 Å². The number of hydrogen-bond acceptors (Lipinski definition) is 3. The van der Waals surface area contributed by atoms with E-state index in [1.165, 1.54) is 6.92 Å². The van der Waals surface area contributed by atoms with Crippen LogP contribution in [-0.4, -0.2) is 25.2 Å². The van der Waals surface area contributed by atoms with Gasteiger partial charge in [0.05, 0.1) is 4.99 Å². The predicted octanol–water partition coefficient (Wildman–Crippen LogP) is 1.02. The first-order valence-electron chi connectivity index (χ1n) is 5.49. The van der Waals surface area contributed by atoms with Gasteiger partial charge in [-0.3, -0.25) is 0 Å². The Morgan fingerprint density at radius 3 is 2.25 bits per heavy atom. The second kappa shape index (κ2) is 4.58. The number of rotatable bonds is 6. The molecule has 0 spiro atoms. The molecule has 16 heavy (non-hydrogen) atoms. The zero-order valence-corrected chi connectivity index (χ0v) is 11.6. The van der Waals surface area contributed by atoms with Crippen LogP contribution in [0, 0.1) is 11.3 Å². The first-order valence-corrected chi connectivity index (χ1v) is 7.44. The highest BCUT2D eigenvalue weighted by Crippen LogP contribution is 2.51. The van der Waals surface area contributed by atoms with Gasteiger partial charge in [-0.1, -0.05) is 26.1 Å². The minimum Gasteiger partial charge on any atom is -0.392 e. The maximum Gasteiger partial charge on any atom is 0.220 e. The third-order valence-corrected chi connectivity index (χ3v) is 5.84.